The molecule has 0 saturated carbocycles. The van der Waals surface area contributed by atoms with E-state index < -0.39 is 36.2 Å². The molecule has 1 fully saturated rings. The van der Waals surface area contributed by atoms with Gasteiger partial charge < -0.3 is 29.9 Å². The van der Waals surface area contributed by atoms with E-state index in [2.05, 4.69) is 6.58 Å². The maximum absolute atomic E-state index is 10.7. The molecule has 0 spiro atoms. The van der Waals surface area contributed by atoms with Gasteiger partial charge in [-0.25, -0.2) is 4.79 Å². The fourth-order valence-corrected chi connectivity index (χ4v) is 2.02. The van der Waals surface area contributed by atoms with Gasteiger partial charge in [-0.1, -0.05) is 12.2 Å². The van der Waals surface area contributed by atoms with Gasteiger partial charge in [0.15, 0.2) is 6.29 Å². The molecule has 0 bridgehead atoms. The average Bonchev–Trinajstić information content (AvgIpc) is 2.47. The summed E-state index contributed by atoms with van der Waals surface area (Å²) in [5.74, 6) is -0.982. The number of allylic oxidation sites excluding steroid dienone is 1. The minimum Gasteiger partial charge on any atom is -0.478 e. The lowest BCUT2D eigenvalue weighted by Gasteiger charge is -2.39. The van der Waals surface area contributed by atoms with Crippen LogP contribution < -0.4 is 0 Å². The van der Waals surface area contributed by atoms with Gasteiger partial charge in [0.1, 0.15) is 18.3 Å². The first-order valence-corrected chi connectivity index (χ1v) is 7.07. The van der Waals surface area contributed by atoms with Gasteiger partial charge in [0, 0.05) is 5.57 Å². The highest BCUT2D eigenvalue weighted by molar-refractivity contribution is 5.85. The van der Waals surface area contributed by atoms with Gasteiger partial charge in [-0.05, 0) is 26.7 Å². The van der Waals surface area contributed by atoms with Crippen molar-refractivity contribution in [2.75, 3.05) is 6.61 Å². The predicted molar refractivity (Wildman–Crippen MR) is 78.1 cm³/mol. The van der Waals surface area contributed by atoms with Gasteiger partial charge >= 0.3 is 5.97 Å². The maximum Gasteiger partial charge on any atom is 0.330 e. The van der Waals surface area contributed by atoms with Crippen molar-refractivity contribution in [3.63, 3.8) is 0 Å². The van der Waals surface area contributed by atoms with Crippen molar-refractivity contribution < 1.29 is 34.7 Å². The summed E-state index contributed by atoms with van der Waals surface area (Å²) < 4.78 is 10.9. The van der Waals surface area contributed by atoms with Crippen LogP contribution in [0.15, 0.2) is 24.3 Å². The molecule has 0 amide bonds. The van der Waals surface area contributed by atoms with Crippen LogP contribution in [0.1, 0.15) is 26.7 Å². The molecule has 0 radical (unpaired) electrons. The van der Waals surface area contributed by atoms with Gasteiger partial charge in [-0.3, -0.25) is 0 Å². The van der Waals surface area contributed by atoms with Crippen LogP contribution in [0.4, 0.5) is 0 Å². The lowest BCUT2D eigenvalue weighted by molar-refractivity contribution is -0.292. The van der Waals surface area contributed by atoms with E-state index in [9.17, 15) is 20.1 Å². The third kappa shape index (κ3) is 4.89. The molecule has 4 N–H and O–H groups in total. The van der Waals surface area contributed by atoms with Crippen molar-refractivity contribution in [3.8, 4) is 0 Å². The monoisotopic (exact) mass is 316 g/mol. The third-order valence-electron chi connectivity index (χ3n) is 3.70. The molecule has 1 rings (SSSR count). The molecule has 0 unspecified atom stereocenters. The molecule has 7 heteroatoms. The molecule has 0 aliphatic carbocycles. The van der Waals surface area contributed by atoms with E-state index in [0.29, 0.717) is 12.8 Å². The Balaban J connectivity index is 2.64. The molecule has 126 valence electrons. The number of carbonyl (C=O) groups is 1. The van der Waals surface area contributed by atoms with Crippen LogP contribution in [0.3, 0.4) is 0 Å². The van der Waals surface area contributed by atoms with Gasteiger partial charge in [-0.15, -0.1) is 6.58 Å². The molecular formula is C15H24O7. The fourth-order valence-electron chi connectivity index (χ4n) is 2.02. The molecule has 0 aromatic rings. The Morgan fingerprint density at radius 1 is 1.41 bits per heavy atom. The maximum atomic E-state index is 10.7. The van der Waals surface area contributed by atoms with Crippen LogP contribution in [0.25, 0.3) is 0 Å². The molecule has 1 aliphatic heterocycles. The van der Waals surface area contributed by atoms with E-state index in [1.54, 1.807) is 13.0 Å². The molecule has 0 aromatic carbocycles. The minimum atomic E-state index is -1.38. The summed E-state index contributed by atoms with van der Waals surface area (Å²) in [4.78, 5) is 10.7. The third-order valence-corrected chi connectivity index (χ3v) is 3.70. The summed E-state index contributed by atoms with van der Waals surface area (Å²) in [5.41, 5.74) is -0.637. The molecule has 22 heavy (non-hydrogen) atoms. The van der Waals surface area contributed by atoms with Crippen LogP contribution in [0, 0.1) is 0 Å². The average molecular weight is 316 g/mol. The Morgan fingerprint density at radius 3 is 2.59 bits per heavy atom. The summed E-state index contributed by atoms with van der Waals surface area (Å²) in [5, 5.41) is 37.7. The Kier molecular flexibility index (Phi) is 6.70. The first kappa shape index (κ1) is 18.8. The smallest absolute Gasteiger partial charge is 0.330 e. The minimum absolute atomic E-state index is 0.145. The summed E-state index contributed by atoms with van der Waals surface area (Å²) in [7, 11) is 0. The molecule has 1 aliphatic rings. The van der Waals surface area contributed by atoms with Gasteiger partial charge in [0.05, 0.1) is 12.2 Å². The van der Waals surface area contributed by atoms with Crippen LogP contribution in [0.2, 0.25) is 0 Å². The van der Waals surface area contributed by atoms with E-state index in [1.165, 1.54) is 13.0 Å². The van der Waals surface area contributed by atoms with Crippen molar-refractivity contribution in [1.29, 1.82) is 0 Å². The SMILES string of the molecule is C=C[C@@](C)(CC/C=C(\C)C(=O)O)O[C@@H]1OC[C@@H](O)[C@H](O)[C@H]1O. The highest BCUT2D eigenvalue weighted by atomic mass is 16.7. The zero-order valence-electron chi connectivity index (χ0n) is 12.8. The van der Waals surface area contributed by atoms with E-state index in [0.717, 1.165) is 0 Å². The Labute approximate surface area is 129 Å². The number of hydrogen-bond donors (Lipinski definition) is 4. The lowest BCUT2D eigenvalue weighted by atomic mass is 9.98. The molecule has 1 heterocycles. The number of hydrogen-bond acceptors (Lipinski definition) is 6. The van der Waals surface area contributed by atoms with Crippen molar-refractivity contribution >= 4 is 5.97 Å². The largest absolute Gasteiger partial charge is 0.478 e. The van der Waals surface area contributed by atoms with Crippen LogP contribution in [0.5, 0.6) is 0 Å². The van der Waals surface area contributed by atoms with Gasteiger partial charge in [-0.2, -0.15) is 0 Å². The number of ether oxygens (including phenoxy) is 2. The van der Waals surface area contributed by atoms with Crippen LogP contribution >= 0.6 is 0 Å². The number of carboxylic acids is 1. The molecule has 7 nitrogen and oxygen atoms in total. The zero-order valence-corrected chi connectivity index (χ0v) is 12.8. The van der Waals surface area contributed by atoms with Crippen molar-refractivity contribution in [2.45, 2.75) is 56.9 Å². The predicted octanol–water partition coefficient (Wildman–Crippen LogP) is 0.198. The topological polar surface area (TPSA) is 116 Å². The summed E-state index contributed by atoms with van der Waals surface area (Å²) >= 11 is 0. The highest BCUT2D eigenvalue weighted by Crippen LogP contribution is 2.26. The van der Waals surface area contributed by atoms with Crippen LogP contribution in [-0.2, 0) is 14.3 Å². The second-order valence-corrected chi connectivity index (χ2v) is 5.62. The quantitative estimate of drug-likeness (QED) is 0.391. The second kappa shape index (κ2) is 7.85. The van der Waals surface area contributed by atoms with Crippen molar-refractivity contribution in [2.24, 2.45) is 0 Å². The number of carboxylic acid groups (broad SMARTS) is 1. The fraction of sp³-hybridized carbons (Fsp3) is 0.667. The van der Waals surface area contributed by atoms with Gasteiger partial charge in [0.25, 0.3) is 0 Å². The Morgan fingerprint density at radius 2 is 2.05 bits per heavy atom. The zero-order chi connectivity index (χ0) is 16.9. The number of aliphatic hydroxyl groups is 3. The molecular weight excluding hydrogens is 292 g/mol. The Hall–Kier alpha value is -1.25. The van der Waals surface area contributed by atoms with Gasteiger partial charge in [0.2, 0.25) is 0 Å². The number of aliphatic hydroxyl groups excluding tert-OH is 3. The summed E-state index contributed by atoms with van der Waals surface area (Å²) in [6, 6.07) is 0. The first-order valence-electron chi connectivity index (χ1n) is 7.07. The van der Waals surface area contributed by atoms with E-state index in [-0.39, 0.29) is 12.2 Å². The normalized spacial score (nSPS) is 32.3. The van der Waals surface area contributed by atoms with Crippen LogP contribution in [-0.4, -0.2) is 63.2 Å². The Bertz CT molecular complexity index is 434. The lowest BCUT2D eigenvalue weighted by Crippen LogP contribution is -2.55. The second-order valence-electron chi connectivity index (χ2n) is 5.62. The summed E-state index contributed by atoms with van der Waals surface area (Å²) in [6.07, 6.45) is -1.01. The summed E-state index contributed by atoms with van der Waals surface area (Å²) in [6.45, 7) is 6.75. The van der Waals surface area contributed by atoms with Crippen molar-refractivity contribution in [3.05, 3.63) is 24.3 Å². The molecule has 1 saturated heterocycles. The van der Waals surface area contributed by atoms with E-state index in [4.69, 9.17) is 14.6 Å². The number of aliphatic carboxylic acids is 1. The molecule has 5 atom stereocenters. The van der Waals surface area contributed by atoms with E-state index in [1.807, 2.05) is 0 Å². The van der Waals surface area contributed by atoms with E-state index >= 15 is 0 Å². The standard InChI is InChI=1S/C15H24O7/c1-4-15(3,7-5-6-9(2)13(19)20)22-14-12(18)11(17)10(16)8-21-14/h4,6,10-12,14,16-18H,1,5,7-8H2,2-3H3,(H,19,20)/b9-6+/t10-,11+,12-,14+,15+/m1/s1. The van der Waals surface area contributed by atoms with Crippen molar-refractivity contribution in [1.82, 2.24) is 0 Å². The highest BCUT2D eigenvalue weighted by Gasteiger charge is 2.41. The first-order chi connectivity index (χ1) is 10.2. The molecule has 0 aromatic heterocycles. The number of rotatable bonds is 7.